The average Bonchev–Trinajstić information content (AvgIpc) is 2.99. The maximum absolute atomic E-state index is 12.5. The van der Waals surface area contributed by atoms with Gasteiger partial charge in [-0.3, -0.25) is 4.68 Å². The molecule has 1 unspecified atom stereocenters. The molecule has 8 heteroatoms. The fraction of sp³-hybridized carbons (Fsp3) is 0.500. The molecule has 0 amide bonds. The highest BCUT2D eigenvalue weighted by Crippen LogP contribution is 2.28. The van der Waals surface area contributed by atoms with Crippen molar-refractivity contribution in [2.45, 2.75) is 31.7 Å². The molecule has 2 aromatic rings. The van der Waals surface area contributed by atoms with Crippen molar-refractivity contribution >= 4 is 39.3 Å². The predicted octanol–water partition coefficient (Wildman–Crippen LogP) is 3.28. The van der Waals surface area contributed by atoms with Gasteiger partial charge in [0.1, 0.15) is 11.0 Å². The Morgan fingerprint density at radius 2 is 2.15 bits per heavy atom. The van der Waals surface area contributed by atoms with Crippen LogP contribution in [0.1, 0.15) is 20.3 Å². The van der Waals surface area contributed by atoms with Gasteiger partial charge in [-0.25, -0.2) is 8.93 Å². The van der Waals surface area contributed by atoms with E-state index in [2.05, 4.69) is 30.0 Å². The minimum atomic E-state index is -1.29. The highest BCUT2D eigenvalue weighted by molar-refractivity contribution is 7.83. The van der Waals surface area contributed by atoms with E-state index in [-0.39, 0.29) is 0 Å². The van der Waals surface area contributed by atoms with Crippen LogP contribution in [0, 0.1) is 0 Å². The Hall–Kier alpha value is -1.41. The van der Waals surface area contributed by atoms with Gasteiger partial charge in [-0.1, -0.05) is 18.2 Å². The molecule has 0 fully saturated rings. The zero-order valence-electron chi connectivity index (χ0n) is 15.6. The summed E-state index contributed by atoms with van der Waals surface area (Å²) in [6, 6.07) is 5.80. The van der Waals surface area contributed by atoms with Crippen LogP contribution in [0.4, 0.5) is 5.82 Å². The number of benzene rings is 1. The van der Waals surface area contributed by atoms with Crippen LogP contribution in [0.2, 0.25) is 0 Å². The van der Waals surface area contributed by atoms with E-state index in [9.17, 15) is 4.21 Å². The van der Waals surface area contributed by atoms with Gasteiger partial charge in [-0.15, -0.1) is 0 Å². The van der Waals surface area contributed by atoms with Gasteiger partial charge < -0.3 is 9.64 Å². The number of nitrogens with one attached hydrogen (secondary N) is 1. The Morgan fingerprint density at radius 1 is 1.42 bits per heavy atom. The van der Waals surface area contributed by atoms with Gasteiger partial charge in [0.05, 0.1) is 17.0 Å². The van der Waals surface area contributed by atoms with Crippen molar-refractivity contribution in [2.75, 3.05) is 38.3 Å². The summed E-state index contributed by atoms with van der Waals surface area (Å²) in [7, 11) is 0.333. The number of nitrogens with zero attached hydrogens (tertiary/aromatic N) is 3. The molecular formula is C18H27ClN4O2S. The Morgan fingerprint density at radius 3 is 2.77 bits per heavy atom. The van der Waals surface area contributed by atoms with E-state index >= 15 is 0 Å². The summed E-state index contributed by atoms with van der Waals surface area (Å²) in [5.41, 5.74) is 1.00. The zero-order chi connectivity index (χ0) is 19.1. The number of rotatable bonds is 11. The lowest BCUT2D eigenvalue weighted by Gasteiger charge is -2.18. The van der Waals surface area contributed by atoms with E-state index in [1.807, 2.05) is 22.9 Å². The number of allylic oxidation sites excluding steroid dienone is 1. The van der Waals surface area contributed by atoms with E-state index in [1.165, 1.54) is 0 Å². The zero-order valence-corrected chi connectivity index (χ0v) is 17.2. The van der Waals surface area contributed by atoms with Crippen LogP contribution in [0.15, 0.2) is 34.7 Å². The molecule has 1 aromatic heterocycles. The molecule has 0 spiro atoms. The topological polar surface area (TPSA) is 59.4 Å². The van der Waals surface area contributed by atoms with E-state index in [0.29, 0.717) is 31.1 Å². The highest BCUT2D eigenvalue weighted by Gasteiger charge is 2.17. The monoisotopic (exact) mass is 398 g/mol. The van der Waals surface area contributed by atoms with Gasteiger partial charge in [-0.2, -0.15) is 5.10 Å². The molecule has 1 N–H and O–H groups in total. The largest absolute Gasteiger partial charge is 0.383 e. The normalized spacial score (nSPS) is 12.5. The first-order valence-corrected chi connectivity index (χ1v) is 10.3. The minimum Gasteiger partial charge on any atom is -0.383 e. The first kappa shape index (κ1) is 20.9. The number of aryl methyl sites for hydroxylation is 1. The lowest BCUT2D eigenvalue weighted by Crippen LogP contribution is -2.23. The SMILES string of the molecule is C=C(Cl)CCn1nc(N(CC)CC)c2cc(S(=O)NCCOC)ccc21. The number of halogens is 1. The van der Waals surface area contributed by atoms with Crippen molar-refractivity contribution in [3.05, 3.63) is 29.8 Å². The Bertz CT molecular complexity index is 774. The number of methoxy groups -OCH3 is 1. The molecule has 1 heterocycles. The summed E-state index contributed by atoms with van der Waals surface area (Å²) >= 11 is 5.93. The van der Waals surface area contributed by atoms with Crippen LogP contribution in [0.5, 0.6) is 0 Å². The number of hydrogen-bond donors (Lipinski definition) is 1. The van der Waals surface area contributed by atoms with Crippen molar-refractivity contribution in [3.63, 3.8) is 0 Å². The van der Waals surface area contributed by atoms with Crippen molar-refractivity contribution in [1.29, 1.82) is 0 Å². The van der Waals surface area contributed by atoms with E-state index in [0.717, 1.165) is 34.7 Å². The molecule has 0 saturated carbocycles. The second kappa shape index (κ2) is 10.1. The molecule has 0 saturated heterocycles. The molecule has 0 radical (unpaired) electrons. The number of anilines is 1. The lowest BCUT2D eigenvalue weighted by molar-refractivity contribution is 0.205. The molecule has 6 nitrogen and oxygen atoms in total. The molecule has 0 bridgehead atoms. The summed E-state index contributed by atoms with van der Waals surface area (Å²) in [5.74, 6) is 0.904. The Labute approximate surface area is 162 Å². The van der Waals surface area contributed by atoms with Gasteiger partial charge in [0.15, 0.2) is 5.82 Å². The second-order valence-electron chi connectivity index (χ2n) is 5.82. The van der Waals surface area contributed by atoms with Gasteiger partial charge in [-0.05, 0) is 32.0 Å². The van der Waals surface area contributed by atoms with E-state index < -0.39 is 11.0 Å². The molecule has 1 atom stereocenters. The van der Waals surface area contributed by atoms with Gasteiger partial charge in [0.2, 0.25) is 0 Å². The molecular weight excluding hydrogens is 372 g/mol. The average molecular weight is 399 g/mol. The maximum atomic E-state index is 12.5. The van der Waals surface area contributed by atoms with Crippen molar-refractivity contribution < 1.29 is 8.95 Å². The van der Waals surface area contributed by atoms with Crippen LogP contribution in [0.3, 0.4) is 0 Å². The first-order chi connectivity index (χ1) is 12.5. The minimum absolute atomic E-state index is 0.513. The summed E-state index contributed by atoms with van der Waals surface area (Å²) in [6.45, 7) is 11.4. The van der Waals surface area contributed by atoms with Crippen molar-refractivity contribution in [1.82, 2.24) is 14.5 Å². The quantitative estimate of drug-likeness (QED) is 0.590. The lowest BCUT2D eigenvalue weighted by atomic mass is 10.2. The van der Waals surface area contributed by atoms with Crippen LogP contribution >= 0.6 is 11.6 Å². The third kappa shape index (κ3) is 5.07. The smallest absolute Gasteiger partial charge is 0.158 e. The number of hydrogen-bond acceptors (Lipinski definition) is 4. The Balaban J connectivity index is 2.41. The molecule has 0 aliphatic rings. The molecule has 1 aromatic carbocycles. The standard InChI is InChI=1S/C18H27ClN4O2S/c1-5-22(6-2)18-16-13-15(26(24)20-10-12-25-4)7-8-17(16)23(21-18)11-9-14(3)19/h7-8,13,20H,3,5-6,9-12H2,1-2,4H3. The summed E-state index contributed by atoms with van der Waals surface area (Å²) in [6.07, 6.45) is 0.655. The number of aromatic nitrogens is 2. The van der Waals surface area contributed by atoms with Gasteiger partial charge >= 0.3 is 0 Å². The van der Waals surface area contributed by atoms with Crippen molar-refractivity contribution in [3.8, 4) is 0 Å². The fourth-order valence-electron chi connectivity index (χ4n) is 2.73. The van der Waals surface area contributed by atoms with Crippen LogP contribution in [0.25, 0.3) is 10.9 Å². The molecule has 26 heavy (non-hydrogen) atoms. The number of ether oxygens (including phenoxy) is 1. The van der Waals surface area contributed by atoms with E-state index in [1.54, 1.807) is 7.11 Å². The van der Waals surface area contributed by atoms with Crippen LogP contribution in [-0.2, 0) is 22.3 Å². The molecule has 2 rings (SSSR count). The third-order valence-electron chi connectivity index (χ3n) is 4.11. The summed E-state index contributed by atoms with van der Waals surface area (Å²) in [5, 5.41) is 6.39. The summed E-state index contributed by atoms with van der Waals surface area (Å²) < 4.78 is 22.4. The van der Waals surface area contributed by atoms with Crippen LogP contribution in [-0.4, -0.2) is 47.3 Å². The first-order valence-electron chi connectivity index (χ1n) is 8.74. The maximum Gasteiger partial charge on any atom is 0.158 e. The molecule has 144 valence electrons. The third-order valence-corrected chi connectivity index (χ3v) is 5.45. The number of fused-ring (bicyclic) bond motifs is 1. The highest BCUT2D eigenvalue weighted by atomic mass is 35.5. The van der Waals surface area contributed by atoms with Crippen molar-refractivity contribution in [2.24, 2.45) is 0 Å². The van der Waals surface area contributed by atoms with E-state index in [4.69, 9.17) is 21.4 Å². The van der Waals surface area contributed by atoms with Gasteiger partial charge in [0, 0.05) is 50.1 Å². The van der Waals surface area contributed by atoms with Gasteiger partial charge in [0.25, 0.3) is 0 Å². The molecule has 0 aliphatic carbocycles. The Kier molecular flexibility index (Phi) is 8.09. The molecule has 0 aliphatic heterocycles. The van der Waals surface area contributed by atoms with Crippen LogP contribution < -0.4 is 9.62 Å². The fourth-order valence-corrected chi connectivity index (χ4v) is 3.67. The predicted molar refractivity (Wildman–Crippen MR) is 109 cm³/mol. The second-order valence-corrected chi connectivity index (χ2v) is 7.65. The summed E-state index contributed by atoms with van der Waals surface area (Å²) in [4.78, 5) is 2.92.